The molecule has 0 saturated carbocycles. The first-order chi connectivity index (χ1) is 13.9. The number of hydrogen-bond acceptors (Lipinski definition) is 5. The van der Waals surface area contributed by atoms with E-state index in [2.05, 4.69) is 15.5 Å². The number of nitrogens with one attached hydrogen (secondary N) is 2. The summed E-state index contributed by atoms with van der Waals surface area (Å²) >= 11 is 5.15. The first kappa shape index (κ1) is 21.7. The average molecular weight is 438 g/mol. The van der Waals surface area contributed by atoms with Gasteiger partial charge in [-0.2, -0.15) is 9.40 Å². The van der Waals surface area contributed by atoms with Gasteiger partial charge >= 0.3 is 0 Å². The monoisotopic (exact) mass is 437 g/mol. The molecule has 1 amide bonds. The van der Waals surface area contributed by atoms with Crippen molar-refractivity contribution >= 4 is 28.1 Å². The molecule has 3 rings (SSSR count). The lowest BCUT2D eigenvalue weighted by Gasteiger charge is -2.20. The summed E-state index contributed by atoms with van der Waals surface area (Å²) < 4.78 is 29.6. The lowest BCUT2D eigenvalue weighted by Crippen LogP contribution is -2.32. The van der Waals surface area contributed by atoms with Gasteiger partial charge in [-0.3, -0.25) is 9.89 Å². The van der Waals surface area contributed by atoms with E-state index in [1.807, 2.05) is 11.5 Å². The van der Waals surface area contributed by atoms with Gasteiger partial charge in [-0.1, -0.05) is 12.8 Å². The first-order valence-electron chi connectivity index (χ1n) is 9.96. The van der Waals surface area contributed by atoms with Gasteiger partial charge in [0.2, 0.25) is 10.0 Å². The molecule has 0 radical (unpaired) electrons. The maximum Gasteiger partial charge on any atom is 0.251 e. The standard InChI is InChI=1S/C19H27N5O3S2/c1-2-24-17(21-22-19(24)28)11-12-20-18(25)15-7-9-16(10-8-15)29(26,27)23-13-5-3-4-6-14-23/h7-10H,2-6,11-14H2,1H3,(H,20,25)(H,22,28). The van der Waals surface area contributed by atoms with Crippen molar-refractivity contribution in [1.29, 1.82) is 0 Å². The molecule has 0 spiro atoms. The van der Waals surface area contributed by atoms with Crippen molar-refractivity contribution in [3.05, 3.63) is 40.4 Å². The predicted molar refractivity (Wildman–Crippen MR) is 113 cm³/mol. The van der Waals surface area contributed by atoms with Crippen LogP contribution in [0.15, 0.2) is 29.2 Å². The van der Waals surface area contributed by atoms with Crippen molar-refractivity contribution < 1.29 is 13.2 Å². The van der Waals surface area contributed by atoms with Gasteiger partial charge < -0.3 is 9.88 Å². The summed E-state index contributed by atoms with van der Waals surface area (Å²) in [5.41, 5.74) is 0.425. The molecule has 1 aromatic heterocycles. The Morgan fingerprint density at radius 2 is 1.83 bits per heavy atom. The van der Waals surface area contributed by atoms with Crippen LogP contribution in [0.4, 0.5) is 0 Å². The summed E-state index contributed by atoms with van der Waals surface area (Å²) in [4.78, 5) is 12.6. The lowest BCUT2D eigenvalue weighted by molar-refractivity contribution is 0.0953. The zero-order chi connectivity index (χ0) is 20.9. The average Bonchev–Trinajstić information content (AvgIpc) is 2.91. The van der Waals surface area contributed by atoms with Gasteiger partial charge in [0.05, 0.1) is 4.90 Å². The Hall–Kier alpha value is -2.04. The molecule has 1 aliphatic heterocycles. The number of amides is 1. The van der Waals surface area contributed by atoms with Crippen molar-refractivity contribution in [3.8, 4) is 0 Å². The Kier molecular flexibility index (Phi) is 7.20. The lowest BCUT2D eigenvalue weighted by atomic mass is 10.2. The molecule has 10 heteroatoms. The van der Waals surface area contributed by atoms with E-state index in [9.17, 15) is 13.2 Å². The Labute approximate surface area is 176 Å². The van der Waals surface area contributed by atoms with Gasteiger partial charge in [0.25, 0.3) is 5.91 Å². The normalized spacial score (nSPS) is 15.8. The minimum atomic E-state index is -3.51. The van der Waals surface area contributed by atoms with E-state index in [0.29, 0.717) is 42.9 Å². The molecule has 2 aromatic rings. The van der Waals surface area contributed by atoms with Crippen LogP contribution in [-0.4, -0.2) is 53.0 Å². The summed E-state index contributed by atoms with van der Waals surface area (Å²) in [6.45, 7) is 4.22. The molecule has 2 N–H and O–H groups in total. The summed E-state index contributed by atoms with van der Waals surface area (Å²) in [5, 5.41) is 9.76. The van der Waals surface area contributed by atoms with Crippen LogP contribution in [0, 0.1) is 4.77 Å². The third-order valence-electron chi connectivity index (χ3n) is 5.11. The van der Waals surface area contributed by atoms with Crippen LogP contribution >= 0.6 is 12.2 Å². The minimum Gasteiger partial charge on any atom is -0.352 e. The molecular weight excluding hydrogens is 410 g/mol. The van der Waals surface area contributed by atoms with Crippen LogP contribution in [0.3, 0.4) is 0 Å². The summed E-state index contributed by atoms with van der Waals surface area (Å²) in [6.07, 6.45) is 4.46. The topological polar surface area (TPSA) is 100 Å². The van der Waals surface area contributed by atoms with Crippen molar-refractivity contribution in [1.82, 2.24) is 24.4 Å². The molecule has 1 aliphatic rings. The number of carbonyl (C=O) groups excluding carboxylic acids is 1. The van der Waals surface area contributed by atoms with Crippen molar-refractivity contribution in [2.45, 2.75) is 50.5 Å². The van der Waals surface area contributed by atoms with Crippen molar-refractivity contribution in [3.63, 3.8) is 0 Å². The van der Waals surface area contributed by atoms with Crippen LogP contribution in [0.1, 0.15) is 48.8 Å². The fraction of sp³-hybridized carbons (Fsp3) is 0.526. The van der Waals surface area contributed by atoms with Crippen LogP contribution in [0.5, 0.6) is 0 Å². The van der Waals surface area contributed by atoms with E-state index in [0.717, 1.165) is 31.5 Å². The van der Waals surface area contributed by atoms with E-state index >= 15 is 0 Å². The van der Waals surface area contributed by atoms with Gasteiger partial charge in [-0.25, -0.2) is 8.42 Å². The van der Waals surface area contributed by atoms with Gasteiger partial charge in [0.1, 0.15) is 5.82 Å². The number of aromatic amines is 1. The maximum absolute atomic E-state index is 12.8. The number of sulfonamides is 1. The fourth-order valence-electron chi connectivity index (χ4n) is 3.47. The first-order valence-corrected chi connectivity index (χ1v) is 11.8. The quantitative estimate of drug-likeness (QED) is 0.648. The smallest absolute Gasteiger partial charge is 0.251 e. The predicted octanol–water partition coefficient (Wildman–Crippen LogP) is 2.50. The highest BCUT2D eigenvalue weighted by atomic mass is 32.2. The Morgan fingerprint density at radius 3 is 2.45 bits per heavy atom. The molecule has 1 aromatic carbocycles. The van der Waals surface area contributed by atoms with Crippen LogP contribution in [0.25, 0.3) is 0 Å². The van der Waals surface area contributed by atoms with Crippen LogP contribution < -0.4 is 5.32 Å². The van der Waals surface area contributed by atoms with Crippen LogP contribution in [0.2, 0.25) is 0 Å². The highest BCUT2D eigenvalue weighted by Gasteiger charge is 2.25. The molecule has 29 heavy (non-hydrogen) atoms. The highest BCUT2D eigenvalue weighted by Crippen LogP contribution is 2.20. The molecule has 0 unspecified atom stereocenters. The number of H-pyrrole nitrogens is 1. The number of carbonyl (C=O) groups is 1. The summed E-state index contributed by atoms with van der Waals surface area (Å²) in [7, 11) is -3.51. The Balaban J connectivity index is 1.60. The second-order valence-electron chi connectivity index (χ2n) is 7.04. The number of aromatic nitrogens is 3. The Morgan fingerprint density at radius 1 is 1.17 bits per heavy atom. The summed E-state index contributed by atoms with van der Waals surface area (Å²) in [5.74, 6) is 0.539. The molecule has 0 atom stereocenters. The number of nitrogens with zero attached hydrogens (tertiary/aromatic N) is 3. The van der Waals surface area contributed by atoms with Gasteiger partial charge in [0, 0.05) is 38.2 Å². The molecule has 0 bridgehead atoms. The molecule has 8 nitrogen and oxygen atoms in total. The van der Waals surface area contributed by atoms with E-state index in [-0.39, 0.29) is 10.8 Å². The number of hydrogen-bond donors (Lipinski definition) is 2. The maximum atomic E-state index is 12.8. The van der Waals surface area contributed by atoms with Gasteiger partial charge in [-0.05, 0) is 56.2 Å². The van der Waals surface area contributed by atoms with Gasteiger partial charge in [0.15, 0.2) is 4.77 Å². The van der Waals surface area contributed by atoms with Crippen molar-refractivity contribution in [2.75, 3.05) is 19.6 Å². The second-order valence-corrected chi connectivity index (χ2v) is 9.36. The van der Waals surface area contributed by atoms with E-state index in [4.69, 9.17) is 12.2 Å². The second kappa shape index (κ2) is 9.64. The van der Waals surface area contributed by atoms with Gasteiger partial charge in [-0.15, -0.1) is 0 Å². The molecule has 2 heterocycles. The highest BCUT2D eigenvalue weighted by molar-refractivity contribution is 7.89. The van der Waals surface area contributed by atoms with E-state index in [1.54, 1.807) is 16.4 Å². The Bertz CT molecular complexity index is 988. The van der Waals surface area contributed by atoms with E-state index < -0.39 is 10.0 Å². The molecule has 1 fully saturated rings. The number of benzene rings is 1. The zero-order valence-electron chi connectivity index (χ0n) is 16.6. The third kappa shape index (κ3) is 5.12. The largest absolute Gasteiger partial charge is 0.352 e. The fourth-order valence-corrected chi connectivity index (χ4v) is 5.26. The molecule has 1 saturated heterocycles. The molecule has 158 valence electrons. The number of rotatable bonds is 7. The van der Waals surface area contributed by atoms with Crippen molar-refractivity contribution in [2.24, 2.45) is 0 Å². The van der Waals surface area contributed by atoms with Crippen LogP contribution in [-0.2, 0) is 23.0 Å². The van der Waals surface area contributed by atoms with E-state index in [1.165, 1.54) is 12.1 Å². The SMILES string of the molecule is CCn1c(CCNC(=O)c2ccc(S(=O)(=O)N3CCCCCC3)cc2)n[nH]c1=S. The zero-order valence-corrected chi connectivity index (χ0v) is 18.2. The minimum absolute atomic E-state index is 0.231. The summed E-state index contributed by atoms with van der Waals surface area (Å²) in [6, 6.07) is 6.14. The molecule has 0 aliphatic carbocycles. The third-order valence-corrected chi connectivity index (χ3v) is 7.33. The molecular formula is C19H27N5O3S2.